The topological polar surface area (TPSA) is 46.0 Å². The molecule has 2 atom stereocenters. The minimum atomic E-state index is 0.313. The van der Waals surface area contributed by atoms with E-state index < -0.39 is 0 Å². The Kier molecular flexibility index (Phi) is 4.36. The van der Waals surface area contributed by atoms with E-state index in [1.165, 1.54) is 51.1 Å². The lowest BCUT2D eigenvalue weighted by atomic mass is 10.1. The third-order valence-corrected chi connectivity index (χ3v) is 4.78. The van der Waals surface area contributed by atoms with E-state index in [-0.39, 0.29) is 0 Å². The maximum absolute atomic E-state index is 4.40. The second-order valence-corrected chi connectivity index (χ2v) is 6.18. The van der Waals surface area contributed by atoms with Gasteiger partial charge in [0.05, 0.1) is 6.04 Å². The number of aromatic nitrogens is 3. The van der Waals surface area contributed by atoms with E-state index in [0.29, 0.717) is 12.1 Å². The van der Waals surface area contributed by atoms with Crippen molar-refractivity contribution in [2.24, 2.45) is 0 Å². The highest BCUT2D eigenvalue weighted by molar-refractivity contribution is 5.04. The van der Waals surface area contributed by atoms with Crippen LogP contribution in [0.2, 0.25) is 0 Å². The average molecular weight is 277 g/mol. The molecule has 2 unspecified atom stereocenters. The number of likely N-dealkylation sites (tertiary alicyclic amines) is 1. The SMILES string of the molecule is CCN1CCCC(NC(C)c2nnc3n2CCC3)CC1. The molecule has 0 radical (unpaired) electrons. The zero-order valence-electron chi connectivity index (χ0n) is 12.8. The largest absolute Gasteiger partial charge is 0.314 e. The summed E-state index contributed by atoms with van der Waals surface area (Å²) < 4.78 is 2.31. The number of aryl methyl sites for hydroxylation is 1. The quantitative estimate of drug-likeness (QED) is 0.911. The van der Waals surface area contributed by atoms with E-state index in [4.69, 9.17) is 0 Å². The van der Waals surface area contributed by atoms with E-state index in [9.17, 15) is 0 Å². The Bertz CT molecular complexity index is 441. The van der Waals surface area contributed by atoms with Crippen molar-refractivity contribution in [1.82, 2.24) is 25.0 Å². The first kappa shape index (κ1) is 14.0. The van der Waals surface area contributed by atoms with Gasteiger partial charge < -0.3 is 14.8 Å². The first-order valence-corrected chi connectivity index (χ1v) is 8.18. The van der Waals surface area contributed by atoms with Gasteiger partial charge in [-0.25, -0.2) is 0 Å². The van der Waals surface area contributed by atoms with Gasteiger partial charge in [0.25, 0.3) is 0 Å². The fourth-order valence-electron chi connectivity index (χ4n) is 3.56. The van der Waals surface area contributed by atoms with Gasteiger partial charge in [-0.2, -0.15) is 0 Å². The molecule has 5 nitrogen and oxygen atoms in total. The molecular formula is C15H27N5. The van der Waals surface area contributed by atoms with Crippen molar-refractivity contribution < 1.29 is 0 Å². The lowest BCUT2D eigenvalue weighted by Crippen LogP contribution is -2.34. The van der Waals surface area contributed by atoms with Crippen LogP contribution >= 0.6 is 0 Å². The van der Waals surface area contributed by atoms with Crippen LogP contribution in [-0.2, 0) is 13.0 Å². The van der Waals surface area contributed by atoms with Crippen molar-refractivity contribution >= 4 is 0 Å². The van der Waals surface area contributed by atoms with Crippen molar-refractivity contribution in [1.29, 1.82) is 0 Å². The Labute approximate surface area is 121 Å². The van der Waals surface area contributed by atoms with Gasteiger partial charge in [-0.05, 0) is 52.2 Å². The maximum Gasteiger partial charge on any atom is 0.149 e. The molecule has 5 heteroatoms. The summed E-state index contributed by atoms with van der Waals surface area (Å²) in [4.78, 5) is 2.56. The first-order chi connectivity index (χ1) is 9.78. The molecule has 1 aromatic heterocycles. The van der Waals surface area contributed by atoms with Gasteiger partial charge >= 0.3 is 0 Å². The van der Waals surface area contributed by atoms with Crippen LogP contribution in [0.5, 0.6) is 0 Å². The number of rotatable bonds is 4. The van der Waals surface area contributed by atoms with Gasteiger partial charge in [0.2, 0.25) is 0 Å². The number of nitrogens with one attached hydrogen (secondary N) is 1. The first-order valence-electron chi connectivity index (χ1n) is 8.18. The number of nitrogens with zero attached hydrogens (tertiary/aromatic N) is 4. The molecular weight excluding hydrogens is 250 g/mol. The highest BCUT2D eigenvalue weighted by Crippen LogP contribution is 2.21. The summed E-state index contributed by atoms with van der Waals surface area (Å²) in [6.45, 7) is 9.24. The number of fused-ring (bicyclic) bond motifs is 1. The lowest BCUT2D eigenvalue weighted by Gasteiger charge is -2.22. The Hall–Kier alpha value is -0.940. The second-order valence-electron chi connectivity index (χ2n) is 6.18. The van der Waals surface area contributed by atoms with Crippen LogP contribution in [0.3, 0.4) is 0 Å². The van der Waals surface area contributed by atoms with Gasteiger partial charge in [0, 0.05) is 19.0 Å². The highest BCUT2D eigenvalue weighted by atomic mass is 15.3. The van der Waals surface area contributed by atoms with Gasteiger partial charge in [-0.3, -0.25) is 0 Å². The smallest absolute Gasteiger partial charge is 0.149 e. The predicted molar refractivity (Wildman–Crippen MR) is 79.6 cm³/mol. The number of hydrogen-bond acceptors (Lipinski definition) is 4. The molecule has 112 valence electrons. The second kappa shape index (κ2) is 6.22. The van der Waals surface area contributed by atoms with Gasteiger partial charge in [-0.1, -0.05) is 6.92 Å². The summed E-state index contributed by atoms with van der Waals surface area (Å²) in [6.07, 6.45) is 6.14. The van der Waals surface area contributed by atoms with Crippen LogP contribution in [0.1, 0.15) is 57.2 Å². The Morgan fingerprint density at radius 2 is 2.10 bits per heavy atom. The average Bonchev–Trinajstić information content (AvgIpc) is 2.97. The Balaban J connectivity index is 1.59. The Morgan fingerprint density at radius 3 is 2.95 bits per heavy atom. The molecule has 0 saturated carbocycles. The summed E-state index contributed by atoms with van der Waals surface area (Å²) in [6, 6.07) is 0.934. The molecule has 2 aliphatic heterocycles. The zero-order chi connectivity index (χ0) is 13.9. The van der Waals surface area contributed by atoms with Crippen LogP contribution in [0.15, 0.2) is 0 Å². The summed E-state index contributed by atoms with van der Waals surface area (Å²) in [5, 5.41) is 12.5. The molecule has 3 heterocycles. The molecule has 0 spiro atoms. The molecule has 1 saturated heterocycles. The van der Waals surface area contributed by atoms with Crippen molar-refractivity contribution in [3.05, 3.63) is 11.6 Å². The van der Waals surface area contributed by atoms with Gasteiger partial charge in [-0.15, -0.1) is 10.2 Å². The minimum absolute atomic E-state index is 0.313. The lowest BCUT2D eigenvalue weighted by molar-refractivity contribution is 0.295. The molecule has 0 aliphatic carbocycles. The van der Waals surface area contributed by atoms with Crippen LogP contribution in [0, 0.1) is 0 Å². The van der Waals surface area contributed by atoms with E-state index >= 15 is 0 Å². The fraction of sp³-hybridized carbons (Fsp3) is 0.867. The van der Waals surface area contributed by atoms with E-state index in [0.717, 1.165) is 18.8 Å². The molecule has 3 rings (SSSR count). The monoisotopic (exact) mass is 277 g/mol. The fourth-order valence-corrected chi connectivity index (χ4v) is 3.56. The van der Waals surface area contributed by atoms with Crippen molar-refractivity contribution in [2.75, 3.05) is 19.6 Å². The molecule has 2 aliphatic rings. The summed E-state index contributed by atoms with van der Waals surface area (Å²) in [5.74, 6) is 2.31. The summed E-state index contributed by atoms with van der Waals surface area (Å²) in [7, 11) is 0. The molecule has 0 bridgehead atoms. The van der Waals surface area contributed by atoms with Gasteiger partial charge in [0.15, 0.2) is 0 Å². The van der Waals surface area contributed by atoms with Crippen LogP contribution < -0.4 is 5.32 Å². The van der Waals surface area contributed by atoms with Gasteiger partial charge in [0.1, 0.15) is 11.6 Å². The Morgan fingerprint density at radius 1 is 1.20 bits per heavy atom. The van der Waals surface area contributed by atoms with Crippen LogP contribution in [0.25, 0.3) is 0 Å². The third-order valence-electron chi connectivity index (χ3n) is 4.78. The molecule has 0 aromatic carbocycles. The van der Waals surface area contributed by atoms with Crippen LogP contribution in [0.4, 0.5) is 0 Å². The molecule has 20 heavy (non-hydrogen) atoms. The highest BCUT2D eigenvalue weighted by Gasteiger charge is 2.24. The van der Waals surface area contributed by atoms with Crippen molar-refractivity contribution in [3.8, 4) is 0 Å². The molecule has 0 amide bonds. The molecule has 1 fully saturated rings. The maximum atomic E-state index is 4.40. The minimum Gasteiger partial charge on any atom is -0.314 e. The summed E-state index contributed by atoms with van der Waals surface area (Å²) in [5.41, 5.74) is 0. The zero-order valence-corrected chi connectivity index (χ0v) is 12.8. The van der Waals surface area contributed by atoms with Crippen molar-refractivity contribution in [2.45, 2.75) is 64.6 Å². The van der Waals surface area contributed by atoms with E-state index in [1.54, 1.807) is 0 Å². The van der Waals surface area contributed by atoms with Crippen LogP contribution in [-0.4, -0.2) is 45.3 Å². The van der Waals surface area contributed by atoms with Crippen molar-refractivity contribution in [3.63, 3.8) is 0 Å². The van der Waals surface area contributed by atoms with E-state index in [1.807, 2.05) is 0 Å². The standard InChI is InChI=1S/C15H27N5/c1-3-19-9-4-6-13(8-11-19)16-12(2)15-18-17-14-7-5-10-20(14)15/h12-13,16H,3-11H2,1-2H3. The van der Waals surface area contributed by atoms with E-state index in [2.05, 4.69) is 38.8 Å². The molecule has 1 N–H and O–H groups in total. The normalized spacial score (nSPS) is 25.4. The predicted octanol–water partition coefficient (Wildman–Crippen LogP) is 1.75. The third kappa shape index (κ3) is 2.88. The number of hydrogen-bond donors (Lipinski definition) is 1. The molecule has 1 aromatic rings. The summed E-state index contributed by atoms with van der Waals surface area (Å²) >= 11 is 0.